The lowest BCUT2D eigenvalue weighted by Gasteiger charge is -2.19. The molecule has 0 bridgehead atoms. The van der Waals surface area contributed by atoms with E-state index in [-0.39, 0.29) is 19.6 Å². The molecule has 0 aliphatic rings. The number of rotatable bonds is 16. The summed E-state index contributed by atoms with van der Waals surface area (Å²) in [4.78, 5) is 47.5. The largest absolute Gasteiger partial charge is 0.344 e. The SMILES string of the molecule is C.CC(=O)N[C@@H](CC(=O)N[C@@H](CSC/C=C(\C)CC/C=C(\C)CCC=C(C)C)C(=O)NN)C(=O)NN. The monoisotopic (exact) mass is 526 g/mol. The van der Waals surface area contributed by atoms with Gasteiger partial charge in [0.15, 0.2) is 0 Å². The molecule has 2 atom stereocenters. The Morgan fingerprint density at radius 3 is 1.83 bits per heavy atom. The van der Waals surface area contributed by atoms with Gasteiger partial charge < -0.3 is 10.6 Å². The van der Waals surface area contributed by atoms with E-state index in [1.165, 1.54) is 35.4 Å². The van der Waals surface area contributed by atoms with Crippen molar-refractivity contribution in [2.75, 3.05) is 11.5 Å². The molecule has 0 spiro atoms. The number of carbonyl (C=O) groups excluding carboxylic acids is 4. The maximum atomic E-state index is 12.4. The summed E-state index contributed by atoms with van der Waals surface area (Å²) in [5, 5.41) is 4.90. The maximum absolute atomic E-state index is 12.4. The second kappa shape index (κ2) is 20.6. The number of thioether (sulfide) groups is 1. The van der Waals surface area contributed by atoms with Crippen LogP contribution in [-0.2, 0) is 19.2 Å². The molecule has 0 aliphatic heterocycles. The summed E-state index contributed by atoms with van der Waals surface area (Å²) in [6.45, 7) is 9.66. The molecule has 0 fully saturated rings. The Morgan fingerprint density at radius 2 is 1.31 bits per heavy atom. The molecule has 4 amide bonds. The summed E-state index contributed by atoms with van der Waals surface area (Å²) >= 11 is 1.47. The van der Waals surface area contributed by atoms with E-state index in [4.69, 9.17) is 11.7 Å². The summed E-state index contributed by atoms with van der Waals surface area (Å²) in [7, 11) is 0. The zero-order valence-electron chi connectivity index (χ0n) is 21.5. The number of hydrogen-bond donors (Lipinski definition) is 6. The number of carbonyl (C=O) groups is 4. The zero-order valence-corrected chi connectivity index (χ0v) is 22.3. The first kappa shape index (κ1) is 35.5. The molecule has 8 N–H and O–H groups in total. The van der Waals surface area contributed by atoms with Crippen molar-refractivity contribution in [1.29, 1.82) is 0 Å². The molecule has 0 heterocycles. The van der Waals surface area contributed by atoms with Crippen LogP contribution in [-0.4, -0.2) is 47.2 Å². The van der Waals surface area contributed by atoms with Crippen LogP contribution in [0, 0.1) is 0 Å². The number of hydrogen-bond acceptors (Lipinski definition) is 7. The van der Waals surface area contributed by atoms with E-state index in [9.17, 15) is 19.2 Å². The summed E-state index contributed by atoms with van der Waals surface area (Å²) in [5.41, 5.74) is 7.92. The van der Waals surface area contributed by atoms with Crippen LogP contribution in [0.5, 0.6) is 0 Å². The number of amides is 4. The molecule has 0 aromatic heterocycles. The Labute approximate surface area is 220 Å². The molecule has 0 aliphatic carbocycles. The molecule has 10 nitrogen and oxygen atoms in total. The predicted octanol–water partition coefficient (Wildman–Crippen LogP) is 2.13. The zero-order chi connectivity index (χ0) is 26.8. The van der Waals surface area contributed by atoms with Gasteiger partial charge in [-0.15, -0.1) is 0 Å². The minimum atomic E-state index is -1.15. The Bertz CT molecular complexity index is 806. The number of nitrogens with one attached hydrogen (secondary N) is 4. The summed E-state index contributed by atoms with van der Waals surface area (Å²) in [5.74, 6) is 8.94. The normalized spacial score (nSPS) is 13.0. The fourth-order valence-corrected chi connectivity index (χ4v) is 4.01. The van der Waals surface area contributed by atoms with Gasteiger partial charge in [0.05, 0.1) is 6.42 Å². The van der Waals surface area contributed by atoms with Crippen LogP contribution in [0.4, 0.5) is 0 Å². The lowest BCUT2D eigenvalue weighted by Crippen LogP contribution is -2.54. The van der Waals surface area contributed by atoms with Crippen LogP contribution in [0.3, 0.4) is 0 Å². The van der Waals surface area contributed by atoms with Crippen molar-refractivity contribution in [3.8, 4) is 0 Å². The highest BCUT2D eigenvalue weighted by Crippen LogP contribution is 2.13. The van der Waals surface area contributed by atoms with Gasteiger partial charge in [0, 0.05) is 18.4 Å². The van der Waals surface area contributed by atoms with Crippen LogP contribution in [0.25, 0.3) is 0 Å². The summed E-state index contributed by atoms with van der Waals surface area (Å²) in [6, 6.07) is -2.04. The molecule has 0 aromatic rings. The Balaban J connectivity index is 0. The highest BCUT2D eigenvalue weighted by Gasteiger charge is 2.25. The van der Waals surface area contributed by atoms with Gasteiger partial charge >= 0.3 is 0 Å². The fraction of sp³-hybridized carbons (Fsp3) is 0.600. The molecule has 0 aromatic carbocycles. The van der Waals surface area contributed by atoms with Crippen LogP contribution in [0.1, 0.15) is 74.1 Å². The topological polar surface area (TPSA) is 168 Å². The van der Waals surface area contributed by atoms with Crippen LogP contribution in [0.15, 0.2) is 34.9 Å². The summed E-state index contributed by atoms with van der Waals surface area (Å²) < 4.78 is 0. The second-order valence-corrected chi connectivity index (χ2v) is 9.67. The lowest BCUT2D eigenvalue weighted by atomic mass is 10.1. The Kier molecular flexibility index (Phi) is 20.3. The number of nitrogens with two attached hydrogens (primary N) is 2. The van der Waals surface area contributed by atoms with E-state index in [1.807, 2.05) is 10.9 Å². The highest BCUT2D eigenvalue weighted by atomic mass is 32.2. The van der Waals surface area contributed by atoms with Crippen molar-refractivity contribution in [2.24, 2.45) is 11.7 Å². The molecule has 0 radical (unpaired) electrons. The average molecular weight is 527 g/mol. The van der Waals surface area contributed by atoms with Crippen molar-refractivity contribution >= 4 is 35.4 Å². The van der Waals surface area contributed by atoms with Crippen molar-refractivity contribution in [3.63, 3.8) is 0 Å². The highest BCUT2D eigenvalue weighted by molar-refractivity contribution is 7.99. The molecular weight excluding hydrogens is 480 g/mol. The molecular formula is C25H46N6O4S. The van der Waals surface area contributed by atoms with Crippen molar-refractivity contribution < 1.29 is 19.2 Å². The third-order valence-corrected chi connectivity index (χ3v) is 5.95. The van der Waals surface area contributed by atoms with Gasteiger partial charge in [0.1, 0.15) is 12.1 Å². The first-order valence-electron chi connectivity index (χ1n) is 11.6. The molecule has 0 saturated heterocycles. The quantitative estimate of drug-likeness (QED) is 0.0588. The first-order valence-corrected chi connectivity index (χ1v) is 12.7. The molecule has 36 heavy (non-hydrogen) atoms. The van der Waals surface area contributed by atoms with Crippen molar-refractivity contribution in [1.82, 2.24) is 21.5 Å². The standard InChI is InChI=1S/C24H42N6O4S.CH4/c1-16(2)8-6-9-17(3)10-7-11-18(4)12-13-35-15-21(24(34)30-26)28-22(32)14-20(23(33)29-25)27-19(5)31;/h8,10,12,20-21H,6-7,9,11,13-15,25-26H2,1-5H3,(H,27,31)(H,28,32)(H,29,33)(H,30,34);1H4/b17-10+,18-12+;/t20-,21-;/m0./s1. The van der Waals surface area contributed by atoms with Gasteiger partial charge in [0.2, 0.25) is 11.8 Å². The second-order valence-electron chi connectivity index (χ2n) is 8.59. The minimum absolute atomic E-state index is 0. The van der Waals surface area contributed by atoms with Gasteiger partial charge in [-0.2, -0.15) is 11.8 Å². The number of allylic oxidation sites excluding steroid dienone is 5. The first-order chi connectivity index (χ1) is 16.5. The minimum Gasteiger partial charge on any atom is -0.344 e. The molecule has 11 heteroatoms. The summed E-state index contributed by atoms with van der Waals surface area (Å²) in [6.07, 6.45) is 10.3. The van der Waals surface area contributed by atoms with E-state index in [1.54, 1.807) is 0 Å². The van der Waals surface area contributed by atoms with Crippen LogP contribution >= 0.6 is 11.8 Å². The van der Waals surface area contributed by atoms with Crippen molar-refractivity contribution in [2.45, 2.75) is 86.2 Å². The smallest absolute Gasteiger partial charge is 0.257 e. The van der Waals surface area contributed by atoms with Crippen LogP contribution < -0.4 is 33.2 Å². The molecule has 206 valence electrons. The van der Waals surface area contributed by atoms with E-state index >= 15 is 0 Å². The average Bonchev–Trinajstić information content (AvgIpc) is 2.78. The molecule has 0 saturated carbocycles. The van der Waals surface area contributed by atoms with Crippen LogP contribution in [0.2, 0.25) is 0 Å². The van der Waals surface area contributed by atoms with Gasteiger partial charge in [-0.25, -0.2) is 11.7 Å². The Morgan fingerprint density at radius 1 is 0.778 bits per heavy atom. The van der Waals surface area contributed by atoms with Crippen molar-refractivity contribution in [3.05, 3.63) is 34.9 Å². The Hall–Kier alpha value is -2.63. The maximum Gasteiger partial charge on any atom is 0.257 e. The third kappa shape index (κ3) is 17.8. The van der Waals surface area contributed by atoms with Gasteiger partial charge in [-0.1, -0.05) is 42.4 Å². The van der Waals surface area contributed by atoms with Gasteiger partial charge in [-0.3, -0.25) is 30.0 Å². The van der Waals surface area contributed by atoms with Gasteiger partial charge in [0.25, 0.3) is 11.8 Å². The number of hydrazine groups is 2. The molecule has 0 unspecified atom stereocenters. The fourth-order valence-electron chi connectivity index (χ4n) is 3.00. The van der Waals surface area contributed by atoms with E-state index in [0.717, 1.165) is 25.7 Å². The lowest BCUT2D eigenvalue weighted by molar-refractivity contribution is -0.132. The van der Waals surface area contributed by atoms with Gasteiger partial charge in [-0.05, 0) is 53.4 Å². The van der Waals surface area contributed by atoms with E-state index < -0.39 is 35.7 Å². The predicted molar refractivity (Wildman–Crippen MR) is 148 cm³/mol. The molecule has 0 rings (SSSR count). The third-order valence-electron chi connectivity index (χ3n) is 4.98. The van der Waals surface area contributed by atoms with E-state index in [0.29, 0.717) is 5.75 Å². The van der Waals surface area contributed by atoms with E-state index in [2.05, 4.69) is 56.6 Å².